The van der Waals surface area contributed by atoms with Crippen molar-refractivity contribution in [2.45, 2.75) is 19.4 Å². The van der Waals surface area contributed by atoms with Crippen LogP contribution in [0.2, 0.25) is 0 Å². The van der Waals surface area contributed by atoms with Crippen LogP contribution in [-0.4, -0.2) is 52.3 Å². The molecule has 1 aromatic heterocycles. The minimum absolute atomic E-state index is 0.0208. The number of carbonyl (C=O) groups is 2. The maximum absolute atomic E-state index is 13.3. The SMILES string of the molecule is C=CC(=O)N1CCN(C(=O)Cc2coc(-c3ccc(F)c(F)c3)n2)[C@@H](C)C1. The fourth-order valence-corrected chi connectivity index (χ4v) is 3.06. The highest BCUT2D eigenvalue weighted by atomic mass is 19.2. The summed E-state index contributed by atoms with van der Waals surface area (Å²) in [6, 6.07) is 3.21. The molecule has 0 N–H and O–H groups in total. The van der Waals surface area contributed by atoms with Gasteiger partial charge in [0.15, 0.2) is 11.6 Å². The summed E-state index contributed by atoms with van der Waals surface area (Å²) in [7, 11) is 0. The zero-order chi connectivity index (χ0) is 19.6. The maximum atomic E-state index is 13.3. The lowest BCUT2D eigenvalue weighted by molar-refractivity contribution is -0.139. The molecule has 6 nitrogen and oxygen atoms in total. The summed E-state index contributed by atoms with van der Waals surface area (Å²) in [5.74, 6) is -2.13. The predicted octanol–water partition coefficient (Wildman–Crippen LogP) is 2.41. The molecule has 2 aromatic rings. The van der Waals surface area contributed by atoms with E-state index in [0.717, 1.165) is 12.1 Å². The van der Waals surface area contributed by atoms with Crippen molar-refractivity contribution in [3.8, 4) is 11.5 Å². The Kier molecular flexibility index (Phi) is 5.34. The molecular formula is C19H19F2N3O3. The molecule has 1 aromatic carbocycles. The van der Waals surface area contributed by atoms with E-state index >= 15 is 0 Å². The Morgan fingerprint density at radius 3 is 2.78 bits per heavy atom. The third-order valence-electron chi connectivity index (χ3n) is 4.48. The molecule has 1 saturated heterocycles. The molecule has 2 amide bonds. The van der Waals surface area contributed by atoms with Crippen LogP contribution < -0.4 is 0 Å². The Bertz CT molecular complexity index is 881. The summed E-state index contributed by atoms with van der Waals surface area (Å²) in [6.45, 7) is 6.65. The van der Waals surface area contributed by atoms with E-state index in [9.17, 15) is 18.4 Å². The Balaban J connectivity index is 1.65. The number of carbonyl (C=O) groups excluding carboxylic acids is 2. The van der Waals surface area contributed by atoms with Crippen molar-refractivity contribution in [2.24, 2.45) is 0 Å². The van der Waals surface area contributed by atoms with E-state index in [1.807, 2.05) is 6.92 Å². The van der Waals surface area contributed by atoms with Crippen molar-refractivity contribution in [1.82, 2.24) is 14.8 Å². The third kappa shape index (κ3) is 4.05. The van der Waals surface area contributed by atoms with Gasteiger partial charge in [-0.2, -0.15) is 0 Å². The molecule has 0 bridgehead atoms. The number of amides is 2. The number of rotatable bonds is 4. The van der Waals surface area contributed by atoms with Crippen molar-refractivity contribution in [1.29, 1.82) is 0 Å². The summed E-state index contributed by atoms with van der Waals surface area (Å²) >= 11 is 0. The molecule has 1 fully saturated rings. The number of hydrogen-bond acceptors (Lipinski definition) is 4. The fraction of sp³-hybridized carbons (Fsp3) is 0.316. The van der Waals surface area contributed by atoms with Crippen LogP contribution in [-0.2, 0) is 16.0 Å². The van der Waals surface area contributed by atoms with Crippen LogP contribution >= 0.6 is 0 Å². The van der Waals surface area contributed by atoms with Gasteiger partial charge in [0.25, 0.3) is 0 Å². The van der Waals surface area contributed by atoms with Gasteiger partial charge in [0.2, 0.25) is 17.7 Å². The van der Waals surface area contributed by atoms with Crippen molar-refractivity contribution < 1.29 is 22.8 Å². The highest BCUT2D eigenvalue weighted by Crippen LogP contribution is 2.21. The Morgan fingerprint density at radius 2 is 2.11 bits per heavy atom. The standard InChI is InChI=1S/C19H19F2N3O3/c1-3-17(25)23-6-7-24(12(2)10-23)18(26)9-14-11-27-19(22-14)13-4-5-15(20)16(21)8-13/h3-5,8,11-12H,1,6-7,9-10H2,2H3/t12-/m0/s1. The molecule has 27 heavy (non-hydrogen) atoms. The van der Waals surface area contributed by atoms with Gasteiger partial charge >= 0.3 is 0 Å². The molecule has 1 atom stereocenters. The second-order valence-corrected chi connectivity index (χ2v) is 6.37. The van der Waals surface area contributed by atoms with Crippen LogP contribution in [0, 0.1) is 11.6 Å². The largest absolute Gasteiger partial charge is 0.444 e. The molecule has 0 radical (unpaired) electrons. The molecule has 0 unspecified atom stereocenters. The van der Waals surface area contributed by atoms with Gasteiger partial charge in [0, 0.05) is 31.2 Å². The number of nitrogens with zero attached hydrogens (tertiary/aromatic N) is 3. The monoisotopic (exact) mass is 375 g/mol. The van der Waals surface area contributed by atoms with E-state index in [1.165, 1.54) is 18.4 Å². The minimum atomic E-state index is -0.996. The Morgan fingerprint density at radius 1 is 1.33 bits per heavy atom. The third-order valence-corrected chi connectivity index (χ3v) is 4.48. The van der Waals surface area contributed by atoms with Crippen LogP contribution in [0.5, 0.6) is 0 Å². The molecule has 0 aliphatic carbocycles. The van der Waals surface area contributed by atoms with Crippen molar-refractivity contribution in [2.75, 3.05) is 19.6 Å². The van der Waals surface area contributed by atoms with Gasteiger partial charge in [-0.3, -0.25) is 9.59 Å². The van der Waals surface area contributed by atoms with Crippen LogP contribution in [0.3, 0.4) is 0 Å². The van der Waals surface area contributed by atoms with E-state index in [1.54, 1.807) is 9.80 Å². The molecular weight excluding hydrogens is 356 g/mol. The number of halogens is 2. The van der Waals surface area contributed by atoms with E-state index < -0.39 is 11.6 Å². The first-order valence-corrected chi connectivity index (χ1v) is 8.49. The summed E-state index contributed by atoms with van der Waals surface area (Å²) in [5.41, 5.74) is 0.689. The van der Waals surface area contributed by atoms with Crippen LogP contribution in [0.25, 0.3) is 11.5 Å². The molecule has 0 spiro atoms. The van der Waals surface area contributed by atoms with E-state index in [2.05, 4.69) is 11.6 Å². The van der Waals surface area contributed by atoms with Gasteiger partial charge in [-0.05, 0) is 31.2 Å². The first kappa shape index (κ1) is 18.8. The summed E-state index contributed by atoms with van der Waals surface area (Å²) < 4.78 is 31.7. The second kappa shape index (κ2) is 7.69. The smallest absolute Gasteiger partial charge is 0.246 e. The van der Waals surface area contributed by atoms with E-state index in [0.29, 0.717) is 25.3 Å². The topological polar surface area (TPSA) is 66.7 Å². The molecule has 3 rings (SSSR count). The first-order chi connectivity index (χ1) is 12.9. The molecule has 1 aliphatic rings. The quantitative estimate of drug-likeness (QED) is 0.770. The maximum Gasteiger partial charge on any atom is 0.246 e. The van der Waals surface area contributed by atoms with Gasteiger partial charge in [0.05, 0.1) is 12.1 Å². The Hall–Kier alpha value is -3.03. The summed E-state index contributed by atoms with van der Waals surface area (Å²) in [4.78, 5) is 31.8. The second-order valence-electron chi connectivity index (χ2n) is 6.37. The highest BCUT2D eigenvalue weighted by Gasteiger charge is 2.29. The van der Waals surface area contributed by atoms with Crippen LogP contribution in [0.1, 0.15) is 12.6 Å². The lowest BCUT2D eigenvalue weighted by Crippen LogP contribution is -2.55. The molecule has 1 aliphatic heterocycles. The van der Waals surface area contributed by atoms with Gasteiger partial charge < -0.3 is 14.2 Å². The van der Waals surface area contributed by atoms with Gasteiger partial charge in [0.1, 0.15) is 6.26 Å². The fourth-order valence-electron chi connectivity index (χ4n) is 3.06. The lowest BCUT2D eigenvalue weighted by atomic mass is 10.1. The number of hydrogen-bond donors (Lipinski definition) is 0. The number of piperazine rings is 1. The zero-order valence-electron chi connectivity index (χ0n) is 14.8. The lowest BCUT2D eigenvalue weighted by Gasteiger charge is -2.39. The molecule has 8 heteroatoms. The van der Waals surface area contributed by atoms with Crippen molar-refractivity contribution >= 4 is 11.8 Å². The summed E-state index contributed by atoms with van der Waals surface area (Å²) in [6.07, 6.45) is 2.61. The molecule has 2 heterocycles. The van der Waals surface area contributed by atoms with Crippen LogP contribution in [0.15, 0.2) is 41.5 Å². The average molecular weight is 375 g/mol. The average Bonchev–Trinajstić information content (AvgIpc) is 3.11. The predicted molar refractivity (Wildman–Crippen MR) is 93.5 cm³/mol. The van der Waals surface area contributed by atoms with Gasteiger partial charge in [-0.15, -0.1) is 0 Å². The van der Waals surface area contributed by atoms with E-state index in [-0.39, 0.29) is 35.7 Å². The van der Waals surface area contributed by atoms with Crippen LogP contribution in [0.4, 0.5) is 8.78 Å². The summed E-state index contributed by atoms with van der Waals surface area (Å²) in [5, 5.41) is 0. The number of oxazole rings is 1. The van der Waals surface area contributed by atoms with Gasteiger partial charge in [-0.25, -0.2) is 13.8 Å². The van der Waals surface area contributed by atoms with Crippen molar-refractivity contribution in [3.05, 3.63) is 54.4 Å². The molecule has 142 valence electrons. The Labute approximate surface area is 155 Å². The van der Waals surface area contributed by atoms with Gasteiger partial charge in [-0.1, -0.05) is 6.58 Å². The zero-order valence-corrected chi connectivity index (χ0v) is 14.8. The minimum Gasteiger partial charge on any atom is -0.444 e. The highest BCUT2D eigenvalue weighted by molar-refractivity contribution is 5.87. The number of benzene rings is 1. The van der Waals surface area contributed by atoms with E-state index in [4.69, 9.17) is 4.42 Å². The molecule has 0 saturated carbocycles. The first-order valence-electron chi connectivity index (χ1n) is 8.49. The normalized spacial score (nSPS) is 17.1. The van der Waals surface area contributed by atoms with Crippen molar-refractivity contribution in [3.63, 3.8) is 0 Å². The number of aromatic nitrogens is 1.